The minimum Gasteiger partial charge on any atom is -0.493 e. The lowest BCUT2D eigenvalue weighted by atomic mass is 9.94. The van der Waals surface area contributed by atoms with Crippen LogP contribution < -0.4 is 19.5 Å². The number of hydrogen-bond acceptors (Lipinski definition) is 6. The van der Waals surface area contributed by atoms with Gasteiger partial charge in [0.15, 0.2) is 11.5 Å². The molecule has 7 nitrogen and oxygen atoms in total. The number of carbonyl (C=O) groups is 2. The van der Waals surface area contributed by atoms with E-state index in [9.17, 15) is 9.59 Å². The van der Waals surface area contributed by atoms with E-state index in [1.54, 1.807) is 28.1 Å². The monoisotopic (exact) mass is 455 g/mol. The first-order valence-corrected chi connectivity index (χ1v) is 11.3. The van der Waals surface area contributed by atoms with Crippen molar-refractivity contribution in [3.05, 3.63) is 41.5 Å². The van der Waals surface area contributed by atoms with Crippen molar-refractivity contribution >= 4 is 11.9 Å². The molecule has 1 N–H and O–H groups in total. The number of carbonyl (C=O) groups excluding carboxylic acids is 2. The van der Waals surface area contributed by atoms with Crippen molar-refractivity contribution in [2.24, 2.45) is 5.41 Å². The lowest BCUT2D eigenvalue weighted by Gasteiger charge is -2.27. The van der Waals surface area contributed by atoms with Crippen LogP contribution in [0.15, 0.2) is 30.3 Å². The topological polar surface area (TPSA) is 83.1 Å². The largest absolute Gasteiger partial charge is 0.493 e. The van der Waals surface area contributed by atoms with Gasteiger partial charge in [0, 0.05) is 17.7 Å². The summed E-state index contributed by atoms with van der Waals surface area (Å²) in [6.07, 6.45) is 1.42. The number of amides is 1. The van der Waals surface area contributed by atoms with Gasteiger partial charge >= 0.3 is 5.97 Å². The molecular weight excluding hydrogens is 422 g/mol. The third kappa shape index (κ3) is 5.07. The summed E-state index contributed by atoms with van der Waals surface area (Å²) in [5.41, 5.74) is 2.37. The minimum atomic E-state index is -0.873. The molecule has 0 saturated carbocycles. The predicted octanol–water partition coefficient (Wildman–Crippen LogP) is 4.75. The van der Waals surface area contributed by atoms with Crippen LogP contribution in [-0.4, -0.2) is 38.8 Å². The summed E-state index contributed by atoms with van der Waals surface area (Å²) in [7, 11) is 3.11. The van der Waals surface area contributed by atoms with E-state index in [4.69, 9.17) is 18.9 Å². The number of rotatable bonds is 10. The molecule has 1 heterocycles. The molecule has 0 spiro atoms. The fourth-order valence-corrected chi connectivity index (χ4v) is 3.75. The van der Waals surface area contributed by atoms with Crippen LogP contribution in [-0.2, 0) is 16.1 Å². The van der Waals surface area contributed by atoms with Crippen LogP contribution in [0, 0.1) is 5.41 Å². The number of fused-ring (bicyclic) bond motifs is 1. The van der Waals surface area contributed by atoms with E-state index in [1.807, 2.05) is 44.2 Å². The van der Waals surface area contributed by atoms with Gasteiger partial charge in [0.25, 0.3) is 5.91 Å². The summed E-state index contributed by atoms with van der Waals surface area (Å²) in [4.78, 5) is 24.8. The molecule has 0 radical (unpaired) electrons. The summed E-state index contributed by atoms with van der Waals surface area (Å²) in [6, 6.07) is 9.35. The Kier molecular flexibility index (Phi) is 7.51. The molecule has 1 aliphatic heterocycles. The van der Waals surface area contributed by atoms with Gasteiger partial charge in [0.2, 0.25) is 5.75 Å². The quantitative estimate of drug-likeness (QED) is 0.521. The highest BCUT2D eigenvalue weighted by molar-refractivity contribution is 5.99. The highest BCUT2D eigenvalue weighted by Crippen LogP contribution is 2.45. The second-order valence-electron chi connectivity index (χ2n) is 8.75. The van der Waals surface area contributed by atoms with Gasteiger partial charge in [-0.3, -0.25) is 9.59 Å². The molecule has 0 aliphatic carbocycles. The fraction of sp³-hybridized carbons (Fsp3) is 0.462. The van der Waals surface area contributed by atoms with Crippen LogP contribution >= 0.6 is 0 Å². The van der Waals surface area contributed by atoms with Crippen molar-refractivity contribution in [3.8, 4) is 28.4 Å². The van der Waals surface area contributed by atoms with Crippen molar-refractivity contribution in [2.45, 2.75) is 53.2 Å². The van der Waals surface area contributed by atoms with E-state index in [2.05, 4.69) is 5.32 Å². The summed E-state index contributed by atoms with van der Waals surface area (Å²) < 4.78 is 23.0. The summed E-state index contributed by atoms with van der Waals surface area (Å²) in [6.45, 7) is 8.18. The molecule has 2 aromatic carbocycles. The van der Waals surface area contributed by atoms with Crippen LogP contribution in [0.5, 0.6) is 17.2 Å². The highest BCUT2D eigenvalue weighted by atomic mass is 16.6. The Labute approximate surface area is 195 Å². The van der Waals surface area contributed by atoms with Crippen LogP contribution in [0.4, 0.5) is 0 Å². The van der Waals surface area contributed by atoms with Crippen LogP contribution in [0.2, 0.25) is 0 Å². The van der Waals surface area contributed by atoms with Gasteiger partial charge in [-0.05, 0) is 62.1 Å². The van der Waals surface area contributed by atoms with Gasteiger partial charge in [-0.25, -0.2) is 0 Å². The first-order chi connectivity index (χ1) is 15.7. The van der Waals surface area contributed by atoms with Gasteiger partial charge < -0.3 is 24.3 Å². The molecule has 178 valence electrons. The standard InChI is InChI=1S/C26H33NO6/c1-7-18(8-2)33-25(29)26(3,4)15-32-22-19(11-12-21(30-5)23(22)31-6)16-9-10-20-17(13-16)14-27-24(20)28/h9-13,18H,7-8,14-15H2,1-6H3,(H,27,28). The van der Waals surface area contributed by atoms with Crippen LogP contribution in [0.25, 0.3) is 11.1 Å². The number of ether oxygens (including phenoxy) is 4. The summed E-state index contributed by atoms with van der Waals surface area (Å²) in [5.74, 6) is 1.05. The molecule has 0 atom stereocenters. The Bertz CT molecular complexity index is 1030. The van der Waals surface area contributed by atoms with Crippen molar-refractivity contribution < 1.29 is 28.5 Å². The molecule has 3 rings (SSSR count). The van der Waals surface area contributed by atoms with Gasteiger partial charge in [-0.2, -0.15) is 0 Å². The lowest BCUT2D eigenvalue weighted by molar-refractivity contribution is -0.161. The molecule has 2 aromatic rings. The van der Waals surface area contributed by atoms with E-state index in [-0.39, 0.29) is 24.6 Å². The average molecular weight is 456 g/mol. The third-order valence-electron chi connectivity index (χ3n) is 5.91. The second kappa shape index (κ2) is 10.1. The average Bonchev–Trinajstić information content (AvgIpc) is 3.20. The summed E-state index contributed by atoms with van der Waals surface area (Å²) >= 11 is 0. The summed E-state index contributed by atoms with van der Waals surface area (Å²) in [5, 5.41) is 2.84. The molecule has 7 heteroatoms. The SMILES string of the molecule is CCC(CC)OC(=O)C(C)(C)COc1c(-c2ccc3c(c2)CNC3=O)ccc(OC)c1OC. The van der Waals surface area contributed by atoms with E-state index >= 15 is 0 Å². The van der Waals surface area contributed by atoms with Gasteiger partial charge in [-0.1, -0.05) is 19.9 Å². The maximum atomic E-state index is 12.8. The van der Waals surface area contributed by atoms with Crippen molar-refractivity contribution in [1.29, 1.82) is 0 Å². The molecule has 0 saturated heterocycles. The molecule has 1 amide bonds. The molecular formula is C26H33NO6. The predicted molar refractivity (Wildman–Crippen MR) is 126 cm³/mol. The van der Waals surface area contributed by atoms with Crippen molar-refractivity contribution in [2.75, 3.05) is 20.8 Å². The number of methoxy groups -OCH3 is 2. The third-order valence-corrected chi connectivity index (χ3v) is 5.91. The zero-order valence-corrected chi connectivity index (χ0v) is 20.2. The Balaban J connectivity index is 1.95. The molecule has 0 unspecified atom stereocenters. The Morgan fingerprint density at radius 2 is 1.73 bits per heavy atom. The molecule has 0 aromatic heterocycles. The zero-order valence-electron chi connectivity index (χ0n) is 20.2. The number of benzene rings is 2. The van der Waals surface area contributed by atoms with Crippen molar-refractivity contribution in [1.82, 2.24) is 5.32 Å². The van der Waals surface area contributed by atoms with Crippen LogP contribution in [0.1, 0.15) is 56.5 Å². The lowest BCUT2D eigenvalue weighted by Crippen LogP contribution is -2.35. The van der Waals surface area contributed by atoms with E-state index in [0.717, 1.165) is 29.5 Å². The number of nitrogens with one attached hydrogen (secondary N) is 1. The Morgan fingerprint density at radius 1 is 1.03 bits per heavy atom. The fourth-order valence-electron chi connectivity index (χ4n) is 3.75. The number of esters is 1. The van der Waals surface area contributed by atoms with E-state index in [1.165, 1.54) is 0 Å². The Morgan fingerprint density at radius 3 is 2.36 bits per heavy atom. The van der Waals surface area contributed by atoms with Crippen molar-refractivity contribution in [3.63, 3.8) is 0 Å². The molecule has 1 aliphatic rings. The molecule has 0 bridgehead atoms. The normalized spacial score (nSPS) is 12.9. The smallest absolute Gasteiger partial charge is 0.315 e. The van der Waals surface area contributed by atoms with Gasteiger partial charge in [0.1, 0.15) is 12.7 Å². The second-order valence-corrected chi connectivity index (χ2v) is 8.75. The maximum absolute atomic E-state index is 12.8. The van der Waals surface area contributed by atoms with Gasteiger partial charge in [0.05, 0.1) is 19.6 Å². The Hall–Kier alpha value is -3.22. The number of hydrogen-bond donors (Lipinski definition) is 1. The molecule has 0 fully saturated rings. The minimum absolute atomic E-state index is 0.0712. The van der Waals surface area contributed by atoms with E-state index < -0.39 is 5.41 Å². The first kappa shape index (κ1) is 24.4. The maximum Gasteiger partial charge on any atom is 0.315 e. The molecule has 33 heavy (non-hydrogen) atoms. The zero-order chi connectivity index (χ0) is 24.2. The highest BCUT2D eigenvalue weighted by Gasteiger charge is 2.33. The first-order valence-electron chi connectivity index (χ1n) is 11.3. The van der Waals surface area contributed by atoms with Gasteiger partial charge in [-0.15, -0.1) is 0 Å². The van der Waals surface area contributed by atoms with Crippen LogP contribution in [0.3, 0.4) is 0 Å². The van der Waals surface area contributed by atoms with E-state index in [0.29, 0.717) is 29.4 Å².